The van der Waals surface area contributed by atoms with Crippen molar-refractivity contribution in [3.05, 3.63) is 34.1 Å². The number of rotatable bonds is 4. The molecule has 0 radical (unpaired) electrons. The topological polar surface area (TPSA) is 115 Å². The minimum Gasteiger partial charge on any atom is -0.326 e. The van der Waals surface area contributed by atoms with Crippen LogP contribution < -0.4 is 10.5 Å². The van der Waals surface area contributed by atoms with Crippen LogP contribution in [0.25, 0.3) is 0 Å². The largest absolute Gasteiger partial charge is 0.326 e. The molecule has 2 atom stereocenters. The first-order valence-corrected chi connectivity index (χ1v) is 8.01. The van der Waals surface area contributed by atoms with Gasteiger partial charge in [0.05, 0.1) is 9.82 Å². The lowest BCUT2D eigenvalue weighted by atomic mass is 9.92. The first kappa shape index (κ1) is 15.8. The molecule has 9 heteroatoms. The first-order chi connectivity index (χ1) is 9.81. The first-order valence-electron chi connectivity index (χ1n) is 6.53. The smallest absolute Gasteiger partial charge is 0.306 e. The number of benzene rings is 1. The molecule has 7 nitrogen and oxygen atoms in total. The Hall–Kier alpha value is -1.58. The number of sulfonamides is 1. The van der Waals surface area contributed by atoms with Gasteiger partial charge in [0.25, 0.3) is 0 Å². The van der Waals surface area contributed by atoms with Gasteiger partial charge in [0, 0.05) is 18.2 Å². The van der Waals surface area contributed by atoms with Gasteiger partial charge in [-0.2, -0.15) is 4.39 Å². The second kappa shape index (κ2) is 6.04. The Kier molecular flexibility index (Phi) is 4.55. The van der Waals surface area contributed by atoms with E-state index in [1.165, 1.54) is 0 Å². The molecule has 1 aliphatic rings. The van der Waals surface area contributed by atoms with E-state index < -0.39 is 32.5 Å². The summed E-state index contributed by atoms with van der Waals surface area (Å²) in [5.74, 6) is -1.08. The van der Waals surface area contributed by atoms with Crippen LogP contribution >= 0.6 is 0 Å². The molecule has 1 aliphatic carbocycles. The molecule has 1 aromatic carbocycles. The van der Waals surface area contributed by atoms with E-state index in [1.54, 1.807) is 0 Å². The summed E-state index contributed by atoms with van der Waals surface area (Å²) in [7, 11) is -3.97. The number of hydrogen-bond acceptors (Lipinski definition) is 5. The summed E-state index contributed by atoms with van der Waals surface area (Å²) in [6.45, 7) is 0. The molecule has 0 saturated heterocycles. The fraction of sp³-hybridized carbons (Fsp3) is 0.500. The number of hydrogen-bond donors (Lipinski definition) is 2. The van der Waals surface area contributed by atoms with Gasteiger partial charge < -0.3 is 5.73 Å². The number of halogens is 1. The maximum absolute atomic E-state index is 13.3. The third-order valence-electron chi connectivity index (χ3n) is 3.55. The minimum atomic E-state index is -3.97. The molecule has 0 heterocycles. The lowest BCUT2D eigenvalue weighted by Crippen LogP contribution is -2.49. The number of nitrogens with one attached hydrogen (secondary N) is 1. The van der Waals surface area contributed by atoms with Gasteiger partial charge in [-0.25, -0.2) is 13.1 Å². The van der Waals surface area contributed by atoms with Crippen molar-refractivity contribution in [1.82, 2.24) is 4.72 Å². The molecule has 3 N–H and O–H groups in total. The van der Waals surface area contributed by atoms with E-state index in [2.05, 4.69) is 4.72 Å². The van der Waals surface area contributed by atoms with Crippen molar-refractivity contribution in [2.75, 3.05) is 0 Å². The lowest BCUT2D eigenvalue weighted by Gasteiger charge is -2.28. The van der Waals surface area contributed by atoms with Crippen molar-refractivity contribution in [2.45, 2.75) is 42.7 Å². The number of nitro groups is 1. The summed E-state index contributed by atoms with van der Waals surface area (Å²) < 4.78 is 40.1. The van der Waals surface area contributed by atoms with E-state index in [1.807, 2.05) is 0 Å². The highest BCUT2D eigenvalue weighted by Crippen LogP contribution is 2.23. The molecule has 2 rings (SSSR count). The predicted octanol–water partition coefficient (Wildman–Crippen LogP) is 1.28. The molecule has 2 unspecified atom stereocenters. The van der Waals surface area contributed by atoms with Crippen LogP contribution in [0.2, 0.25) is 0 Å². The minimum absolute atomic E-state index is 0.288. The zero-order chi connectivity index (χ0) is 15.6. The Morgan fingerprint density at radius 1 is 1.33 bits per heavy atom. The average molecular weight is 317 g/mol. The summed E-state index contributed by atoms with van der Waals surface area (Å²) in [5.41, 5.74) is 5.00. The lowest BCUT2D eigenvalue weighted by molar-refractivity contribution is -0.387. The Morgan fingerprint density at radius 2 is 2.00 bits per heavy atom. The Bertz CT molecular complexity index is 650. The summed E-state index contributed by atoms with van der Waals surface area (Å²) in [4.78, 5) is 9.38. The van der Waals surface area contributed by atoms with E-state index in [-0.39, 0.29) is 10.9 Å². The summed E-state index contributed by atoms with van der Waals surface area (Å²) in [5, 5.41) is 10.7. The summed E-state index contributed by atoms with van der Waals surface area (Å²) >= 11 is 0. The molecule has 116 valence electrons. The van der Waals surface area contributed by atoms with E-state index >= 15 is 0 Å². The van der Waals surface area contributed by atoms with Gasteiger partial charge in [-0.1, -0.05) is 12.8 Å². The van der Waals surface area contributed by atoms with Gasteiger partial charge in [0.2, 0.25) is 15.8 Å². The fourth-order valence-electron chi connectivity index (χ4n) is 2.37. The molecule has 0 aliphatic heterocycles. The van der Waals surface area contributed by atoms with Crippen LogP contribution in [0.3, 0.4) is 0 Å². The molecule has 1 saturated carbocycles. The second-order valence-corrected chi connectivity index (χ2v) is 6.76. The second-order valence-electron chi connectivity index (χ2n) is 5.05. The fourth-order valence-corrected chi connectivity index (χ4v) is 3.71. The highest BCUT2D eigenvalue weighted by Gasteiger charge is 2.28. The maximum Gasteiger partial charge on any atom is 0.306 e. The van der Waals surface area contributed by atoms with E-state index in [9.17, 15) is 22.9 Å². The van der Waals surface area contributed by atoms with Gasteiger partial charge in [0.15, 0.2) is 0 Å². The molecule has 1 fully saturated rings. The van der Waals surface area contributed by atoms with Crippen LogP contribution in [0, 0.1) is 15.9 Å². The van der Waals surface area contributed by atoms with Crippen LogP contribution in [0.15, 0.2) is 23.1 Å². The molecule has 0 amide bonds. The molecular formula is C12H16FN3O4S. The van der Waals surface area contributed by atoms with Crippen molar-refractivity contribution >= 4 is 15.7 Å². The van der Waals surface area contributed by atoms with Crippen LogP contribution in [-0.2, 0) is 10.0 Å². The van der Waals surface area contributed by atoms with Crippen molar-refractivity contribution in [2.24, 2.45) is 5.73 Å². The Balaban J connectivity index is 2.27. The van der Waals surface area contributed by atoms with Crippen molar-refractivity contribution < 1.29 is 17.7 Å². The average Bonchev–Trinajstić information content (AvgIpc) is 2.41. The summed E-state index contributed by atoms with van der Waals surface area (Å²) in [6.07, 6.45) is 3.15. The van der Waals surface area contributed by atoms with E-state index in [0.29, 0.717) is 12.5 Å². The third-order valence-corrected chi connectivity index (χ3v) is 5.04. The molecule has 0 spiro atoms. The van der Waals surface area contributed by atoms with Crippen LogP contribution in [0.4, 0.5) is 10.1 Å². The third kappa shape index (κ3) is 3.55. The number of nitrogens with zero attached hydrogens (tertiary/aromatic N) is 1. The molecule has 21 heavy (non-hydrogen) atoms. The predicted molar refractivity (Wildman–Crippen MR) is 73.6 cm³/mol. The SMILES string of the molecule is NC1CCCCC1NS(=O)(=O)c1ccc(F)c([N+](=O)[O-])c1. The normalized spacial score (nSPS) is 23.0. The van der Waals surface area contributed by atoms with Gasteiger partial charge in [-0.15, -0.1) is 0 Å². The van der Waals surface area contributed by atoms with Crippen LogP contribution in [0.5, 0.6) is 0 Å². The van der Waals surface area contributed by atoms with Gasteiger partial charge in [0.1, 0.15) is 0 Å². The molecule has 0 aromatic heterocycles. The van der Waals surface area contributed by atoms with Gasteiger partial charge in [-0.05, 0) is 25.0 Å². The van der Waals surface area contributed by atoms with Crippen LogP contribution in [0.1, 0.15) is 25.7 Å². The molecule has 1 aromatic rings. The van der Waals surface area contributed by atoms with Crippen molar-refractivity contribution in [3.8, 4) is 0 Å². The standard InChI is InChI=1S/C12H16FN3O4S/c13-9-6-5-8(7-12(9)16(17)18)21(19,20)15-11-4-2-1-3-10(11)14/h5-7,10-11,15H,1-4,14H2. The van der Waals surface area contributed by atoms with Crippen molar-refractivity contribution in [1.29, 1.82) is 0 Å². The van der Waals surface area contributed by atoms with E-state index in [4.69, 9.17) is 5.73 Å². The monoisotopic (exact) mass is 317 g/mol. The Labute approximate surface area is 121 Å². The van der Waals surface area contributed by atoms with Gasteiger partial charge in [-0.3, -0.25) is 10.1 Å². The summed E-state index contributed by atoms with van der Waals surface area (Å²) in [6, 6.07) is 1.79. The number of nitro benzene ring substituents is 1. The molecule has 0 bridgehead atoms. The van der Waals surface area contributed by atoms with E-state index in [0.717, 1.165) is 31.4 Å². The Morgan fingerprint density at radius 3 is 2.62 bits per heavy atom. The van der Waals surface area contributed by atoms with Crippen molar-refractivity contribution in [3.63, 3.8) is 0 Å². The highest BCUT2D eigenvalue weighted by molar-refractivity contribution is 7.89. The van der Waals surface area contributed by atoms with Crippen LogP contribution in [-0.4, -0.2) is 25.4 Å². The maximum atomic E-state index is 13.3. The quantitative estimate of drug-likeness (QED) is 0.641. The number of nitrogens with two attached hydrogens (primary N) is 1. The highest BCUT2D eigenvalue weighted by atomic mass is 32.2. The zero-order valence-electron chi connectivity index (χ0n) is 11.2. The van der Waals surface area contributed by atoms with Gasteiger partial charge >= 0.3 is 5.69 Å². The zero-order valence-corrected chi connectivity index (χ0v) is 12.0. The molecular weight excluding hydrogens is 301 g/mol.